The summed E-state index contributed by atoms with van der Waals surface area (Å²) in [6.07, 6.45) is 10.5. The van der Waals surface area contributed by atoms with Gasteiger partial charge in [0.25, 0.3) is 0 Å². The predicted molar refractivity (Wildman–Crippen MR) is 93.1 cm³/mol. The molecule has 0 bridgehead atoms. The van der Waals surface area contributed by atoms with E-state index in [1.165, 1.54) is 30.6 Å². The number of hydrogen-bond acceptors (Lipinski definition) is 4. The lowest BCUT2D eigenvalue weighted by molar-refractivity contribution is 0.0645. The number of anilines is 1. The van der Waals surface area contributed by atoms with Gasteiger partial charge in [-0.3, -0.25) is 5.32 Å². The summed E-state index contributed by atoms with van der Waals surface area (Å²) in [5, 5.41) is 13.2. The number of amides is 2. The highest BCUT2D eigenvalue weighted by atomic mass is 35.5. The molecule has 2 N–H and O–H groups in total. The van der Waals surface area contributed by atoms with E-state index in [1.807, 2.05) is 4.90 Å². The Morgan fingerprint density at radius 2 is 1.83 bits per heavy atom. The van der Waals surface area contributed by atoms with Gasteiger partial charge in [0.15, 0.2) is 5.13 Å². The molecular formula is C16H24ClN3O2S. The molecule has 2 saturated carbocycles. The molecule has 2 aliphatic carbocycles. The number of aliphatic hydroxyl groups is 1. The smallest absolute Gasteiger partial charge is 0.324 e. The zero-order chi connectivity index (χ0) is 16.2. The van der Waals surface area contributed by atoms with Crippen LogP contribution in [0.25, 0.3) is 0 Å². The molecule has 0 unspecified atom stereocenters. The van der Waals surface area contributed by atoms with Crippen LogP contribution in [0.4, 0.5) is 9.93 Å². The standard InChI is InChI=1S/C16H24ClN3O2S/c17-14-10-18-15(23-14)19-16(22)20(11-4-2-1-3-5-11)12-6-8-13(21)9-7-12/h10-13,21H,1-9H2,(H,18,19,22)/t12-,13-. The Bertz CT molecular complexity index is 525. The van der Waals surface area contributed by atoms with Crippen LogP contribution in [0.15, 0.2) is 6.20 Å². The van der Waals surface area contributed by atoms with Crippen molar-refractivity contribution in [2.24, 2.45) is 0 Å². The maximum absolute atomic E-state index is 12.9. The zero-order valence-corrected chi connectivity index (χ0v) is 14.8. The fourth-order valence-electron chi connectivity index (χ4n) is 3.79. The van der Waals surface area contributed by atoms with Crippen molar-refractivity contribution in [1.29, 1.82) is 0 Å². The molecule has 5 nitrogen and oxygen atoms in total. The highest BCUT2D eigenvalue weighted by molar-refractivity contribution is 7.19. The summed E-state index contributed by atoms with van der Waals surface area (Å²) >= 11 is 7.18. The second kappa shape index (κ2) is 7.81. The molecule has 0 aliphatic heterocycles. The van der Waals surface area contributed by atoms with Crippen molar-refractivity contribution in [3.63, 3.8) is 0 Å². The Balaban J connectivity index is 1.71. The van der Waals surface area contributed by atoms with Gasteiger partial charge in [-0.2, -0.15) is 0 Å². The van der Waals surface area contributed by atoms with E-state index >= 15 is 0 Å². The number of carbonyl (C=O) groups excluding carboxylic acids is 1. The minimum atomic E-state index is -0.208. The lowest BCUT2D eigenvalue weighted by Crippen LogP contribution is -2.51. The van der Waals surface area contributed by atoms with Crippen molar-refractivity contribution in [3.05, 3.63) is 10.5 Å². The van der Waals surface area contributed by atoms with Gasteiger partial charge >= 0.3 is 6.03 Å². The molecule has 1 aromatic heterocycles. The lowest BCUT2D eigenvalue weighted by atomic mass is 9.88. The Morgan fingerprint density at radius 3 is 2.43 bits per heavy atom. The van der Waals surface area contributed by atoms with Crippen LogP contribution in [0.3, 0.4) is 0 Å². The summed E-state index contributed by atoms with van der Waals surface area (Å²) in [6, 6.07) is 0.459. The van der Waals surface area contributed by atoms with Crippen molar-refractivity contribution in [2.45, 2.75) is 76.0 Å². The number of thiazole rings is 1. The average Bonchev–Trinajstić information content (AvgIpc) is 2.95. The van der Waals surface area contributed by atoms with Gasteiger partial charge < -0.3 is 10.0 Å². The summed E-state index contributed by atoms with van der Waals surface area (Å²) in [5.74, 6) is 0. The number of carbonyl (C=O) groups is 1. The molecule has 2 fully saturated rings. The number of nitrogens with one attached hydrogen (secondary N) is 1. The first kappa shape index (κ1) is 17.0. The van der Waals surface area contributed by atoms with Gasteiger partial charge in [-0.25, -0.2) is 9.78 Å². The molecule has 7 heteroatoms. The Kier molecular flexibility index (Phi) is 5.77. The van der Waals surface area contributed by atoms with Crippen molar-refractivity contribution < 1.29 is 9.90 Å². The molecular weight excluding hydrogens is 334 g/mol. The first-order chi connectivity index (χ1) is 11.1. The summed E-state index contributed by atoms with van der Waals surface area (Å²) < 4.78 is 0.574. The van der Waals surface area contributed by atoms with Crippen LogP contribution < -0.4 is 5.32 Å². The number of rotatable bonds is 3. The molecule has 1 aromatic rings. The van der Waals surface area contributed by atoms with Crippen LogP contribution in [-0.2, 0) is 0 Å². The third-order valence-electron chi connectivity index (χ3n) is 4.95. The van der Waals surface area contributed by atoms with Crippen LogP contribution in [0.2, 0.25) is 4.34 Å². The maximum atomic E-state index is 12.9. The van der Waals surface area contributed by atoms with E-state index in [-0.39, 0.29) is 18.2 Å². The van der Waals surface area contributed by atoms with Crippen molar-refractivity contribution in [1.82, 2.24) is 9.88 Å². The molecule has 3 rings (SSSR count). The monoisotopic (exact) mass is 357 g/mol. The van der Waals surface area contributed by atoms with E-state index in [1.54, 1.807) is 6.20 Å². The molecule has 2 aliphatic rings. The molecule has 23 heavy (non-hydrogen) atoms. The van der Waals surface area contributed by atoms with E-state index in [0.29, 0.717) is 15.5 Å². The van der Waals surface area contributed by atoms with E-state index in [2.05, 4.69) is 10.3 Å². The van der Waals surface area contributed by atoms with Gasteiger partial charge in [0.2, 0.25) is 0 Å². The molecule has 1 heterocycles. The molecule has 0 radical (unpaired) electrons. The van der Waals surface area contributed by atoms with Gasteiger partial charge in [0, 0.05) is 12.1 Å². The number of halogens is 1. The first-order valence-corrected chi connectivity index (χ1v) is 9.71. The number of aromatic nitrogens is 1. The second-order valence-electron chi connectivity index (χ2n) is 6.56. The van der Waals surface area contributed by atoms with Gasteiger partial charge in [0.05, 0.1) is 12.3 Å². The van der Waals surface area contributed by atoms with Crippen LogP contribution in [0.1, 0.15) is 57.8 Å². The summed E-state index contributed by atoms with van der Waals surface area (Å²) in [6.45, 7) is 0. The summed E-state index contributed by atoms with van der Waals surface area (Å²) in [7, 11) is 0. The molecule has 0 spiro atoms. The van der Waals surface area contributed by atoms with Gasteiger partial charge in [-0.1, -0.05) is 42.2 Å². The third-order valence-corrected chi connectivity index (χ3v) is 5.98. The van der Waals surface area contributed by atoms with Gasteiger partial charge in [-0.15, -0.1) is 0 Å². The fraction of sp³-hybridized carbons (Fsp3) is 0.750. The lowest BCUT2D eigenvalue weighted by Gasteiger charge is -2.42. The number of urea groups is 1. The molecule has 0 saturated heterocycles. The van der Waals surface area contributed by atoms with Crippen molar-refractivity contribution in [2.75, 3.05) is 5.32 Å². The highest BCUT2D eigenvalue weighted by Crippen LogP contribution is 2.31. The molecule has 0 aromatic carbocycles. The van der Waals surface area contributed by atoms with Crippen molar-refractivity contribution in [3.8, 4) is 0 Å². The SMILES string of the molecule is O=C(Nc1ncc(Cl)s1)N(C1CCCCC1)[C@H]1CC[C@H](O)CC1. The number of aliphatic hydroxyl groups excluding tert-OH is 1. The van der Waals surface area contributed by atoms with Crippen LogP contribution in [-0.4, -0.2) is 39.2 Å². The largest absolute Gasteiger partial charge is 0.393 e. The Hall–Kier alpha value is -0.850. The van der Waals surface area contributed by atoms with E-state index in [4.69, 9.17) is 11.6 Å². The number of hydrogen-bond donors (Lipinski definition) is 2. The van der Waals surface area contributed by atoms with Gasteiger partial charge in [0.1, 0.15) is 4.34 Å². The summed E-state index contributed by atoms with van der Waals surface area (Å²) in [5.41, 5.74) is 0. The normalized spacial score (nSPS) is 26.0. The van der Waals surface area contributed by atoms with E-state index in [0.717, 1.165) is 38.5 Å². The van der Waals surface area contributed by atoms with Crippen molar-refractivity contribution >= 4 is 34.1 Å². The van der Waals surface area contributed by atoms with Crippen LogP contribution >= 0.6 is 22.9 Å². The predicted octanol–water partition coefficient (Wildman–Crippen LogP) is 4.27. The van der Waals surface area contributed by atoms with Gasteiger partial charge in [-0.05, 0) is 38.5 Å². The first-order valence-electron chi connectivity index (χ1n) is 8.52. The zero-order valence-electron chi connectivity index (χ0n) is 13.2. The fourth-order valence-corrected chi connectivity index (χ4v) is 4.60. The minimum absolute atomic E-state index is 0.0655. The quantitative estimate of drug-likeness (QED) is 0.849. The molecule has 0 atom stereocenters. The maximum Gasteiger partial charge on any atom is 0.324 e. The highest BCUT2D eigenvalue weighted by Gasteiger charge is 2.34. The van der Waals surface area contributed by atoms with Crippen LogP contribution in [0.5, 0.6) is 0 Å². The average molecular weight is 358 g/mol. The second-order valence-corrected chi connectivity index (χ2v) is 8.22. The van der Waals surface area contributed by atoms with Crippen LogP contribution in [0, 0.1) is 0 Å². The third kappa shape index (κ3) is 4.37. The molecule has 2 amide bonds. The summed E-state index contributed by atoms with van der Waals surface area (Å²) in [4.78, 5) is 19.0. The van der Waals surface area contributed by atoms with E-state index in [9.17, 15) is 9.90 Å². The number of nitrogens with zero attached hydrogens (tertiary/aromatic N) is 2. The minimum Gasteiger partial charge on any atom is -0.393 e. The molecule has 128 valence electrons. The Morgan fingerprint density at radius 1 is 1.17 bits per heavy atom. The van der Waals surface area contributed by atoms with E-state index < -0.39 is 0 Å². The topological polar surface area (TPSA) is 65.5 Å². The Labute approximate surface area is 146 Å².